The van der Waals surface area contributed by atoms with Gasteiger partial charge in [0.15, 0.2) is 5.96 Å². The molecule has 2 amide bonds. The Kier molecular flexibility index (Phi) is 5.73. The highest BCUT2D eigenvalue weighted by molar-refractivity contribution is 5.95. The molecule has 1 fully saturated rings. The molecular formula is C20H26N4O2. The maximum atomic E-state index is 12.0. The smallest absolute Gasteiger partial charge is 0.321 e. The number of urea groups is 1. The van der Waals surface area contributed by atoms with Crippen LogP contribution >= 0.6 is 0 Å². The van der Waals surface area contributed by atoms with E-state index in [1.807, 2.05) is 42.5 Å². The van der Waals surface area contributed by atoms with Crippen molar-refractivity contribution in [3.05, 3.63) is 48.0 Å². The average Bonchev–Trinajstić information content (AvgIpc) is 2.65. The average molecular weight is 354 g/mol. The number of nitrogens with zero attached hydrogens (tertiary/aromatic N) is 1. The van der Waals surface area contributed by atoms with Gasteiger partial charge >= 0.3 is 6.03 Å². The van der Waals surface area contributed by atoms with E-state index < -0.39 is 11.6 Å². The lowest BCUT2D eigenvalue weighted by Crippen LogP contribution is -2.50. The normalized spacial score (nSPS) is 17.0. The lowest BCUT2D eigenvalue weighted by atomic mass is 9.85. The number of hydrogen-bond donors (Lipinski definition) is 4. The number of nitrogens with one attached hydrogen (secondary N) is 2. The van der Waals surface area contributed by atoms with Crippen molar-refractivity contribution in [3.8, 4) is 0 Å². The summed E-state index contributed by atoms with van der Waals surface area (Å²) in [6.07, 6.45) is 4.57. The molecule has 2 aromatic rings. The molecule has 0 saturated heterocycles. The number of rotatable bonds is 4. The first-order chi connectivity index (χ1) is 12.6. The summed E-state index contributed by atoms with van der Waals surface area (Å²) in [7, 11) is 0. The maximum Gasteiger partial charge on any atom is 0.321 e. The Morgan fingerprint density at radius 2 is 1.85 bits per heavy atom. The molecular weight excluding hydrogens is 328 g/mol. The lowest BCUT2D eigenvalue weighted by molar-refractivity contribution is 0.00731. The number of benzene rings is 2. The number of aliphatic hydroxyl groups is 1. The summed E-state index contributed by atoms with van der Waals surface area (Å²) < 4.78 is 0. The van der Waals surface area contributed by atoms with Crippen LogP contribution in [-0.2, 0) is 6.54 Å². The molecule has 5 N–H and O–H groups in total. The molecule has 0 bridgehead atoms. The van der Waals surface area contributed by atoms with E-state index in [1.54, 1.807) is 0 Å². The van der Waals surface area contributed by atoms with Gasteiger partial charge in [0.05, 0.1) is 12.1 Å². The summed E-state index contributed by atoms with van der Waals surface area (Å²) in [5.74, 6) is 0.0612. The molecule has 0 aliphatic heterocycles. The number of guanidine groups is 1. The largest absolute Gasteiger partial charge is 0.388 e. The minimum absolute atomic E-state index is 0.0612. The van der Waals surface area contributed by atoms with Crippen molar-refractivity contribution in [2.24, 2.45) is 10.7 Å². The number of fused-ring (bicyclic) bond motifs is 1. The second-order valence-electron chi connectivity index (χ2n) is 6.93. The van der Waals surface area contributed by atoms with E-state index in [1.165, 1.54) is 0 Å². The van der Waals surface area contributed by atoms with E-state index in [9.17, 15) is 9.90 Å². The summed E-state index contributed by atoms with van der Waals surface area (Å²) in [5.41, 5.74) is 6.07. The van der Waals surface area contributed by atoms with Crippen LogP contribution in [0, 0.1) is 0 Å². The molecule has 6 heteroatoms. The predicted octanol–water partition coefficient (Wildman–Crippen LogP) is 2.65. The van der Waals surface area contributed by atoms with E-state index in [0.29, 0.717) is 6.54 Å². The van der Waals surface area contributed by atoms with Crippen molar-refractivity contribution < 1.29 is 9.90 Å². The van der Waals surface area contributed by atoms with E-state index >= 15 is 0 Å². The third-order valence-corrected chi connectivity index (χ3v) is 4.90. The first-order valence-corrected chi connectivity index (χ1v) is 9.10. The van der Waals surface area contributed by atoms with Crippen LogP contribution in [0.5, 0.6) is 0 Å². The van der Waals surface area contributed by atoms with Crippen molar-refractivity contribution in [1.29, 1.82) is 0 Å². The number of aliphatic imine (C=N–C) groups is 1. The van der Waals surface area contributed by atoms with E-state index in [4.69, 9.17) is 5.73 Å². The van der Waals surface area contributed by atoms with Gasteiger partial charge in [-0.1, -0.05) is 61.7 Å². The highest BCUT2D eigenvalue weighted by Gasteiger charge is 2.29. The van der Waals surface area contributed by atoms with Crippen LogP contribution in [0.2, 0.25) is 0 Å². The van der Waals surface area contributed by atoms with Crippen molar-refractivity contribution in [3.63, 3.8) is 0 Å². The number of carbonyl (C=O) groups excluding carboxylic acids is 1. The Morgan fingerprint density at radius 3 is 2.65 bits per heavy atom. The standard InChI is InChI=1S/C20H26N4O2/c21-18(24-19(25)23-14-20(26)11-4-1-5-12-20)22-13-16-9-6-8-15-7-2-3-10-17(15)16/h2-3,6-10,26H,1,4-5,11-14H2,(H4,21,22,23,24,25). The third kappa shape index (κ3) is 4.73. The molecule has 0 spiro atoms. The Morgan fingerprint density at radius 1 is 1.12 bits per heavy atom. The van der Waals surface area contributed by atoms with Crippen molar-refractivity contribution in [1.82, 2.24) is 10.6 Å². The third-order valence-electron chi connectivity index (χ3n) is 4.90. The summed E-state index contributed by atoms with van der Waals surface area (Å²) >= 11 is 0. The van der Waals surface area contributed by atoms with Gasteiger partial charge in [-0.05, 0) is 29.2 Å². The van der Waals surface area contributed by atoms with E-state index in [-0.39, 0.29) is 12.5 Å². The molecule has 26 heavy (non-hydrogen) atoms. The zero-order valence-corrected chi connectivity index (χ0v) is 14.9. The molecule has 0 atom stereocenters. The monoisotopic (exact) mass is 354 g/mol. The molecule has 3 rings (SSSR count). The van der Waals surface area contributed by atoms with Crippen molar-refractivity contribution >= 4 is 22.8 Å². The van der Waals surface area contributed by atoms with Gasteiger partial charge in [-0.3, -0.25) is 5.32 Å². The van der Waals surface area contributed by atoms with Crippen LogP contribution in [0.3, 0.4) is 0 Å². The number of nitrogens with two attached hydrogens (primary N) is 1. The number of amides is 2. The minimum Gasteiger partial charge on any atom is -0.388 e. The van der Waals surface area contributed by atoms with Gasteiger partial charge < -0.3 is 16.2 Å². The quantitative estimate of drug-likeness (QED) is 0.502. The molecule has 0 heterocycles. The fraction of sp³-hybridized carbons (Fsp3) is 0.400. The van der Waals surface area contributed by atoms with E-state index in [0.717, 1.165) is 48.4 Å². The SMILES string of the molecule is NC(=NCc1cccc2ccccc12)NC(=O)NCC1(O)CCCCC1. The number of carbonyl (C=O) groups is 1. The summed E-state index contributed by atoms with van der Waals surface area (Å²) in [4.78, 5) is 16.2. The topological polar surface area (TPSA) is 99.7 Å². The minimum atomic E-state index is -0.801. The van der Waals surface area contributed by atoms with Crippen LogP contribution in [0.25, 0.3) is 10.8 Å². The first-order valence-electron chi connectivity index (χ1n) is 9.10. The molecule has 2 aromatic carbocycles. The molecule has 0 aromatic heterocycles. The van der Waals surface area contributed by atoms with Crippen molar-refractivity contribution in [2.45, 2.75) is 44.2 Å². The molecule has 6 nitrogen and oxygen atoms in total. The Bertz CT molecular complexity index is 792. The van der Waals surface area contributed by atoms with Gasteiger partial charge in [0.2, 0.25) is 0 Å². The van der Waals surface area contributed by atoms with Crippen LogP contribution in [0.4, 0.5) is 4.79 Å². The second kappa shape index (κ2) is 8.19. The highest BCUT2D eigenvalue weighted by atomic mass is 16.3. The van der Waals surface area contributed by atoms with Crippen LogP contribution in [0.1, 0.15) is 37.7 Å². The summed E-state index contributed by atoms with van der Waals surface area (Å²) in [6, 6.07) is 13.7. The van der Waals surface area contributed by atoms with Gasteiger partial charge in [-0.15, -0.1) is 0 Å². The second-order valence-corrected chi connectivity index (χ2v) is 6.93. The fourth-order valence-corrected chi connectivity index (χ4v) is 3.43. The van der Waals surface area contributed by atoms with Crippen LogP contribution < -0.4 is 16.4 Å². The van der Waals surface area contributed by atoms with Gasteiger partial charge in [0.25, 0.3) is 0 Å². The Hall–Kier alpha value is -2.60. The molecule has 1 saturated carbocycles. The van der Waals surface area contributed by atoms with Crippen LogP contribution in [0.15, 0.2) is 47.5 Å². The highest BCUT2D eigenvalue weighted by Crippen LogP contribution is 2.27. The fourth-order valence-electron chi connectivity index (χ4n) is 3.43. The molecule has 138 valence electrons. The zero-order chi connectivity index (χ0) is 18.4. The number of hydrogen-bond acceptors (Lipinski definition) is 3. The molecule has 1 aliphatic rings. The van der Waals surface area contributed by atoms with Gasteiger partial charge in [0.1, 0.15) is 0 Å². The maximum absolute atomic E-state index is 12.0. The first kappa shape index (κ1) is 18.2. The van der Waals surface area contributed by atoms with Gasteiger partial charge in [0, 0.05) is 6.54 Å². The Balaban J connectivity index is 1.53. The zero-order valence-electron chi connectivity index (χ0n) is 14.9. The lowest BCUT2D eigenvalue weighted by Gasteiger charge is -2.32. The van der Waals surface area contributed by atoms with E-state index in [2.05, 4.69) is 15.6 Å². The van der Waals surface area contributed by atoms with Gasteiger partial charge in [-0.25, -0.2) is 9.79 Å². The molecule has 0 radical (unpaired) electrons. The molecule has 1 aliphatic carbocycles. The summed E-state index contributed by atoms with van der Waals surface area (Å²) in [6.45, 7) is 0.618. The van der Waals surface area contributed by atoms with Crippen LogP contribution in [-0.4, -0.2) is 29.2 Å². The Labute approximate surface area is 153 Å². The van der Waals surface area contributed by atoms with Gasteiger partial charge in [-0.2, -0.15) is 0 Å². The molecule has 0 unspecified atom stereocenters. The summed E-state index contributed by atoms with van der Waals surface area (Å²) in [5, 5.41) is 17.9. The predicted molar refractivity (Wildman–Crippen MR) is 104 cm³/mol. The van der Waals surface area contributed by atoms with Crippen molar-refractivity contribution in [2.75, 3.05) is 6.54 Å².